The number of pyridine rings is 1. The Balaban J connectivity index is 1.20. The van der Waals surface area contributed by atoms with Gasteiger partial charge in [-0.2, -0.15) is 0 Å². The Kier molecular flexibility index (Phi) is 6.54. The molecule has 2 aromatic carbocycles. The second-order valence-corrected chi connectivity index (χ2v) is 14.4. The Morgan fingerprint density at radius 1 is 1.07 bits per heavy atom. The average Bonchev–Trinajstić information content (AvgIpc) is 3.46. The number of aliphatic carboxylic acids is 1. The van der Waals surface area contributed by atoms with E-state index in [0.717, 1.165) is 36.8 Å². The molecule has 4 aliphatic rings. The second kappa shape index (κ2) is 10.1. The van der Waals surface area contributed by atoms with Crippen LogP contribution in [-0.2, 0) is 14.4 Å². The molecule has 7 rings (SSSR count). The van der Waals surface area contributed by atoms with Crippen molar-refractivity contribution in [3.63, 3.8) is 0 Å². The molecule has 228 valence electrons. The topological polar surface area (TPSA) is 164 Å². The molecular weight excluding hydrogens is 582 g/mol. The number of nitrogens with zero attached hydrogens (tertiary/aromatic N) is 2. The number of carboxylic acid groups (broad SMARTS) is 1. The van der Waals surface area contributed by atoms with Crippen LogP contribution in [0.4, 0.5) is 5.69 Å². The number of carbonyl (C=O) groups is 4. The van der Waals surface area contributed by atoms with E-state index in [1.54, 1.807) is 56.4 Å². The van der Waals surface area contributed by atoms with Crippen molar-refractivity contribution in [2.75, 3.05) is 5.73 Å². The minimum atomic E-state index is -1.22. The standard InChI is InChI=1S/C32H33N5O6S/c1-32(2)26(31(42)43)37-29(41)23(30(37)44-32)35-28(40)22(15-8-4-3-5-9-15)34-27(39)18-14-36-20-11-7-6-10-16(20)17-12-13-19(33)21(24(17)36)25(18)38/h3-5,8-9,12-14,16,20,22-23,26,30H,6-7,10-11,33H2,1-2H3,(H,34,39)(H,35,40)(H,42,43). The highest BCUT2D eigenvalue weighted by atomic mass is 32.2. The Bertz CT molecular complexity index is 1810. The summed E-state index contributed by atoms with van der Waals surface area (Å²) in [7, 11) is 0. The maximum Gasteiger partial charge on any atom is 0.327 e. The zero-order valence-corrected chi connectivity index (χ0v) is 25.1. The predicted molar refractivity (Wildman–Crippen MR) is 165 cm³/mol. The fourth-order valence-corrected chi connectivity index (χ4v) is 9.23. The number of rotatable bonds is 6. The van der Waals surface area contributed by atoms with Crippen LogP contribution in [-0.4, -0.2) is 60.5 Å². The summed E-state index contributed by atoms with van der Waals surface area (Å²) in [6, 6.07) is 9.24. The zero-order valence-electron chi connectivity index (χ0n) is 24.3. The number of anilines is 1. The van der Waals surface area contributed by atoms with Crippen molar-refractivity contribution in [3.05, 3.63) is 75.6 Å². The number of hydrogen-bond acceptors (Lipinski definition) is 7. The molecule has 5 N–H and O–H groups in total. The van der Waals surface area contributed by atoms with Crippen molar-refractivity contribution < 1.29 is 24.3 Å². The lowest BCUT2D eigenvalue weighted by atomic mass is 9.82. The monoisotopic (exact) mass is 615 g/mol. The summed E-state index contributed by atoms with van der Waals surface area (Å²) in [5, 5.41) is 15.0. The van der Waals surface area contributed by atoms with Gasteiger partial charge in [-0.25, -0.2) is 4.79 Å². The number of nitrogens with two attached hydrogens (primary N) is 1. The van der Waals surface area contributed by atoms with Crippen LogP contribution in [0.25, 0.3) is 10.9 Å². The molecule has 0 radical (unpaired) electrons. The Morgan fingerprint density at radius 3 is 2.52 bits per heavy atom. The summed E-state index contributed by atoms with van der Waals surface area (Å²) in [5.41, 5.74) is 8.35. The lowest BCUT2D eigenvalue weighted by Crippen LogP contribution is -2.71. The first kappa shape index (κ1) is 28.5. The van der Waals surface area contributed by atoms with E-state index in [4.69, 9.17) is 5.73 Å². The number of fused-ring (bicyclic) bond motifs is 4. The highest BCUT2D eigenvalue weighted by Crippen LogP contribution is 2.51. The maximum atomic E-state index is 13.9. The molecule has 11 nitrogen and oxygen atoms in total. The second-order valence-electron chi connectivity index (χ2n) is 12.6. The molecule has 2 saturated heterocycles. The molecule has 1 aliphatic carbocycles. The largest absolute Gasteiger partial charge is 0.480 e. The molecule has 4 heterocycles. The van der Waals surface area contributed by atoms with Crippen LogP contribution in [0.2, 0.25) is 0 Å². The van der Waals surface area contributed by atoms with Crippen LogP contribution in [0.3, 0.4) is 0 Å². The Labute approximate surface area is 257 Å². The van der Waals surface area contributed by atoms with Crippen molar-refractivity contribution in [1.29, 1.82) is 0 Å². The number of hydrogen-bond donors (Lipinski definition) is 4. The molecule has 3 amide bonds. The van der Waals surface area contributed by atoms with Gasteiger partial charge < -0.3 is 30.9 Å². The van der Waals surface area contributed by atoms with Gasteiger partial charge in [-0.05, 0) is 43.9 Å². The van der Waals surface area contributed by atoms with Crippen molar-refractivity contribution in [2.24, 2.45) is 0 Å². The molecule has 3 fully saturated rings. The molecular formula is C32H33N5O6S. The number of amides is 3. The molecule has 6 unspecified atom stereocenters. The van der Waals surface area contributed by atoms with Gasteiger partial charge in [0.05, 0.1) is 10.9 Å². The first-order valence-corrected chi connectivity index (χ1v) is 15.7. The van der Waals surface area contributed by atoms with Crippen LogP contribution in [0.5, 0.6) is 0 Å². The molecule has 3 aromatic rings. The van der Waals surface area contributed by atoms with Gasteiger partial charge >= 0.3 is 5.97 Å². The van der Waals surface area contributed by atoms with E-state index in [1.165, 1.54) is 16.7 Å². The highest BCUT2D eigenvalue weighted by molar-refractivity contribution is 8.01. The van der Waals surface area contributed by atoms with Gasteiger partial charge in [-0.1, -0.05) is 49.2 Å². The van der Waals surface area contributed by atoms with E-state index in [1.807, 2.05) is 10.6 Å². The Hall–Kier alpha value is -4.32. The SMILES string of the molecule is CC1(C)SC2C(NC(=O)C(NC(=O)c3cn4c5c(ccc(N)c5c3=O)C3CCCCC34)c3ccccc3)C(=O)N2C1C(=O)O. The number of carboxylic acids is 1. The van der Waals surface area contributed by atoms with Gasteiger partial charge in [0.15, 0.2) is 0 Å². The smallest absolute Gasteiger partial charge is 0.327 e. The van der Waals surface area contributed by atoms with E-state index < -0.39 is 57.4 Å². The number of benzene rings is 2. The molecule has 6 atom stereocenters. The Morgan fingerprint density at radius 2 is 1.80 bits per heavy atom. The van der Waals surface area contributed by atoms with Crippen LogP contribution in [0, 0.1) is 0 Å². The molecule has 3 aliphatic heterocycles. The van der Waals surface area contributed by atoms with Gasteiger partial charge in [0.1, 0.15) is 29.1 Å². The minimum absolute atomic E-state index is 0.107. The first-order chi connectivity index (χ1) is 21.0. The quantitative estimate of drug-likeness (QED) is 0.243. The molecule has 1 saturated carbocycles. The van der Waals surface area contributed by atoms with E-state index in [9.17, 15) is 29.1 Å². The normalized spacial score (nSPS) is 26.8. The molecule has 12 heteroatoms. The third-order valence-corrected chi connectivity index (χ3v) is 11.2. The van der Waals surface area contributed by atoms with Gasteiger partial charge in [0.25, 0.3) is 5.91 Å². The van der Waals surface area contributed by atoms with Crippen LogP contribution in [0.15, 0.2) is 53.5 Å². The number of aromatic nitrogens is 1. The lowest BCUT2D eigenvalue weighted by Gasteiger charge is -2.44. The number of nitrogens with one attached hydrogen (secondary N) is 2. The van der Waals surface area contributed by atoms with Crippen LogP contribution >= 0.6 is 11.8 Å². The summed E-state index contributed by atoms with van der Waals surface area (Å²) >= 11 is 1.31. The van der Waals surface area contributed by atoms with Gasteiger partial charge in [-0.3, -0.25) is 19.2 Å². The highest BCUT2D eigenvalue weighted by Gasteiger charge is 2.64. The molecule has 44 heavy (non-hydrogen) atoms. The molecule has 1 aromatic heterocycles. The average molecular weight is 616 g/mol. The summed E-state index contributed by atoms with van der Waals surface area (Å²) in [5.74, 6) is -2.70. The summed E-state index contributed by atoms with van der Waals surface area (Å²) in [6.45, 7) is 3.51. The number of thioether (sulfide) groups is 1. The molecule has 0 spiro atoms. The van der Waals surface area contributed by atoms with Crippen molar-refractivity contribution in [1.82, 2.24) is 20.1 Å². The van der Waals surface area contributed by atoms with E-state index in [2.05, 4.69) is 10.6 Å². The summed E-state index contributed by atoms with van der Waals surface area (Å²) < 4.78 is 1.27. The van der Waals surface area contributed by atoms with E-state index in [0.29, 0.717) is 16.6 Å². The third-order valence-electron chi connectivity index (χ3n) is 9.61. The van der Waals surface area contributed by atoms with Crippen molar-refractivity contribution in [2.45, 2.75) is 79.7 Å². The molecule has 0 bridgehead atoms. The number of nitrogen functional groups attached to an aromatic ring is 1. The van der Waals surface area contributed by atoms with Crippen LogP contribution in [0.1, 0.15) is 79.0 Å². The van der Waals surface area contributed by atoms with Crippen molar-refractivity contribution in [3.8, 4) is 0 Å². The van der Waals surface area contributed by atoms with E-state index in [-0.39, 0.29) is 17.5 Å². The van der Waals surface area contributed by atoms with Crippen molar-refractivity contribution >= 4 is 52.0 Å². The summed E-state index contributed by atoms with van der Waals surface area (Å²) in [4.78, 5) is 67.7. The minimum Gasteiger partial charge on any atom is -0.480 e. The fourth-order valence-electron chi connectivity index (χ4n) is 7.60. The van der Waals surface area contributed by atoms with Gasteiger partial charge in [0.2, 0.25) is 17.2 Å². The first-order valence-electron chi connectivity index (χ1n) is 14.9. The van der Waals surface area contributed by atoms with Gasteiger partial charge in [0, 0.05) is 28.6 Å². The van der Waals surface area contributed by atoms with E-state index >= 15 is 0 Å². The lowest BCUT2D eigenvalue weighted by molar-refractivity contribution is -0.161. The number of carbonyl (C=O) groups excluding carboxylic acids is 3. The predicted octanol–water partition coefficient (Wildman–Crippen LogP) is 2.90. The fraction of sp³-hybridized carbons (Fsp3) is 0.406. The van der Waals surface area contributed by atoms with Gasteiger partial charge in [-0.15, -0.1) is 11.8 Å². The number of β-lactam (4-membered cyclic amide) rings is 1. The maximum absolute atomic E-state index is 13.9. The zero-order chi connectivity index (χ0) is 31.1. The van der Waals surface area contributed by atoms with Crippen LogP contribution < -0.4 is 21.8 Å². The summed E-state index contributed by atoms with van der Waals surface area (Å²) in [6.07, 6.45) is 5.69. The third kappa shape index (κ3) is 4.14.